The van der Waals surface area contributed by atoms with Crippen molar-refractivity contribution < 1.29 is 14.3 Å². The van der Waals surface area contributed by atoms with Crippen LogP contribution in [0.4, 0.5) is 5.69 Å². The maximum absolute atomic E-state index is 12.1. The van der Waals surface area contributed by atoms with Crippen molar-refractivity contribution in [2.75, 3.05) is 18.5 Å². The minimum atomic E-state index is -0.169. The molecule has 0 aliphatic heterocycles. The van der Waals surface area contributed by atoms with Crippen molar-refractivity contribution in [1.29, 1.82) is 0 Å². The smallest absolute Gasteiger partial charge is 0.251 e. The van der Waals surface area contributed by atoms with Crippen LogP contribution in [0, 0.1) is 6.92 Å². The second-order valence-electron chi connectivity index (χ2n) is 5.71. The zero-order valence-corrected chi connectivity index (χ0v) is 14.7. The predicted molar refractivity (Wildman–Crippen MR) is 99.0 cm³/mol. The number of hydrogen-bond acceptors (Lipinski definition) is 3. The molecule has 0 radical (unpaired) electrons. The average molecular weight is 340 g/mol. The van der Waals surface area contributed by atoms with Gasteiger partial charge in [-0.05, 0) is 37.1 Å². The van der Waals surface area contributed by atoms with Crippen molar-refractivity contribution in [2.45, 2.75) is 26.7 Å². The molecule has 2 aromatic carbocycles. The van der Waals surface area contributed by atoms with Crippen LogP contribution < -0.4 is 15.4 Å². The van der Waals surface area contributed by atoms with Gasteiger partial charge in [0.2, 0.25) is 5.91 Å². The van der Waals surface area contributed by atoms with Crippen LogP contribution in [0.15, 0.2) is 48.5 Å². The lowest BCUT2D eigenvalue weighted by Crippen LogP contribution is -2.28. The Morgan fingerprint density at radius 1 is 1.04 bits per heavy atom. The van der Waals surface area contributed by atoms with Crippen LogP contribution in [-0.4, -0.2) is 25.0 Å². The molecule has 0 aliphatic carbocycles. The zero-order chi connectivity index (χ0) is 18.1. The normalized spacial score (nSPS) is 10.2. The van der Waals surface area contributed by atoms with E-state index in [-0.39, 0.29) is 24.8 Å². The number of benzene rings is 2. The molecule has 132 valence electrons. The fourth-order valence-corrected chi connectivity index (χ4v) is 2.33. The molecule has 0 saturated heterocycles. The Morgan fingerprint density at radius 3 is 2.52 bits per heavy atom. The largest absolute Gasteiger partial charge is 0.491 e. The fourth-order valence-electron chi connectivity index (χ4n) is 2.33. The van der Waals surface area contributed by atoms with Crippen molar-refractivity contribution >= 4 is 17.5 Å². The van der Waals surface area contributed by atoms with Crippen LogP contribution in [0.3, 0.4) is 0 Å². The first-order chi connectivity index (χ1) is 12.1. The van der Waals surface area contributed by atoms with Gasteiger partial charge in [0.15, 0.2) is 0 Å². The number of aryl methyl sites for hydroxylation is 1. The number of carbonyl (C=O) groups excluding carboxylic acids is 2. The molecular formula is C20H24N2O3. The van der Waals surface area contributed by atoms with Crippen molar-refractivity contribution in [1.82, 2.24) is 5.32 Å². The molecule has 0 saturated carbocycles. The van der Waals surface area contributed by atoms with Crippen molar-refractivity contribution in [3.63, 3.8) is 0 Å². The number of amides is 2. The van der Waals surface area contributed by atoms with Gasteiger partial charge >= 0.3 is 0 Å². The third kappa shape index (κ3) is 5.64. The van der Waals surface area contributed by atoms with E-state index in [4.69, 9.17) is 4.74 Å². The molecule has 0 atom stereocenters. The molecule has 0 spiro atoms. The third-order valence-electron chi connectivity index (χ3n) is 3.65. The Bertz CT molecular complexity index is 728. The number of ether oxygens (including phenoxy) is 1. The molecule has 0 fully saturated rings. The highest BCUT2D eigenvalue weighted by Crippen LogP contribution is 2.23. The minimum absolute atomic E-state index is 0.169. The van der Waals surface area contributed by atoms with E-state index in [1.165, 1.54) is 0 Å². The van der Waals surface area contributed by atoms with Crippen LogP contribution in [0.5, 0.6) is 5.75 Å². The van der Waals surface area contributed by atoms with Crippen LogP contribution in [-0.2, 0) is 4.79 Å². The van der Waals surface area contributed by atoms with E-state index in [1.807, 2.05) is 50.2 Å². The second kappa shape index (κ2) is 9.47. The Kier molecular flexibility index (Phi) is 7.01. The molecule has 0 aliphatic rings. The standard InChI is InChI=1S/C20H24N2O3/c1-3-14-25-18-11-7-6-10-17(18)22-19(23)12-13-21-20(24)16-9-5-4-8-15(16)2/h4-11H,3,12-14H2,1-2H3,(H,21,24)(H,22,23). The fraction of sp³-hybridized carbons (Fsp3) is 0.300. The maximum atomic E-state index is 12.1. The molecule has 25 heavy (non-hydrogen) atoms. The molecule has 0 bridgehead atoms. The van der Waals surface area contributed by atoms with E-state index in [9.17, 15) is 9.59 Å². The first-order valence-corrected chi connectivity index (χ1v) is 8.47. The number of nitrogens with one attached hydrogen (secondary N) is 2. The number of rotatable bonds is 8. The summed E-state index contributed by atoms with van der Waals surface area (Å²) in [6.07, 6.45) is 1.09. The molecule has 0 heterocycles. The van der Waals surface area contributed by atoms with E-state index in [1.54, 1.807) is 12.1 Å². The van der Waals surface area contributed by atoms with E-state index < -0.39 is 0 Å². The van der Waals surface area contributed by atoms with Crippen LogP contribution in [0.1, 0.15) is 35.7 Å². The summed E-state index contributed by atoms with van der Waals surface area (Å²) in [5.41, 5.74) is 2.18. The lowest BCUT2D eigenvalue weighted by Gasteiger charge is -2.12. The number of anilines is 1. The molecule has 5 nitrogen and oxygen atoms in total. The summed E-state index contributed by atoms with van der Waals surface area (Å²) in [5, 5.41) is 5.60. The molecule has 0 unspecified atom stereocenters. The predicted octanol–water partition coefficient (Wildman–Crippen LogP) is 3.54. The van der Waals surface area contributed by atoms with Gasteiger partial charge in [0, 0.05) is 18.5 Å². The molecule has 0 aromatic heterocycles. The van der Waals surface area contributed by atoms with E-state index in [0.717, 1.165) is 12.0 Å². The minimum Gasteiger partial charge on any atom is -0.491 e. The van der Waals surface area contributed by atoms with Gasteiger partial charge in [-0.25, -0.2) is 0 Å². The van der Waals surface area contributed by atoms with Gasteiger partial charge in [-0.2, -0.15) is 0 Å². The summed E-state index contributed by atoms with van der Waals surface area (Å²) in [7, 11) is 0. The van der Waals surface area contributed by atoms with E-state index in [2.05, 4.69) is 10.6 Å². The SMILES string of the molecule is CCCOc1ccccc1NC(=O)CCNC(=O)c1ccccc1C. The van der Waals surface area contributed by atoms with Gasteiger partial charge in [-0.15, -0.1) is 0 Å². The van der Waals surface area contributed by atoms with E-state index in [0.29, 0.717) is 23.6 Å². The van der Waals surface area contributed by atoms with Crippen molar-refractivity contribution in [3.05, 3.63) is 59.7 Å². The molecule has 2 aromatic rings. The molecular weight excluding hydrogens is 316 g/mol. The highest BCUT2D eigenvalue weighted by molar-refractivity contribution is 5.96. The third-order valence-corrected chi connectivity index (χ3v) is 3.65. The zero-order valence-electron chi connectivity index (χ0n) is 14.7. The van der Waals surface area contributed by atoms with Gasteiger partial charge in [-0.1, -0.05) is 37.3 Å². The number of carbonyl (C=O) groups is 2. The Morgan fingerprint density at radius 2 is 1.76 bits per heavy atom. The summed E-state index contributed by atoms with van der Waals surface area (Å²) in [6, 6.07) is 14.7. The number of para-hydroxylation sites is 2. The summed E-state index contributed by atoms with van der Waals surface area (Å²) >= 11 is 0. The molecule has 2 N–H and O–H groups in total. The van der Waals surface area contributed by atoms with Gasteiger partial charge in [0.05, 0.1) is 12.3 Å². The molecule has 5 heteroatoms. The average Bonchev–Trinajstić information content (AvgIpc) is 2.61. The molecule has 2 rings (SSSR count). The Hall–Kier alpha value is -2.82. The van der Waals surface area contributed by atoms with Crippen LogP contribution in [0.25, 0.3) is 0 Å². The van der Waals surface area contributed by atoms with Gasteiger partial charge in [0.25, 0.3) is 5.91 Å². The van der Waals surface area contributed by atoms with E-state index >= 15 is 0 Å². The molecule has 2 amide bonds. The highest BCUT2D eigenvalue weighted by atomic mass is 16.5. The van der Waals surface area contributed by atoms with Gasteiger partial charge < -0.3 is 15.4 Å². The van der Waals surface area contributed by atoms with Gasteiger partial charge in [-0.3, -0.25) is 9.59 Å². The van der Waals surface area contributed by atoms with Crippen molar-refractivity contribution in [2.24, 2.45) is 0 Å². The van der Waals surface area contributed by atoms with Crippen molar-refractivity contribution in [3.8, 4) is 5.75 Å². The van der Waals surface area contributed by atoms with Gasteiger partial charge in [0.1, 0.15) is 5.75 Å². The number of hydrogen-bond donors (Lipinski definition) is 2. The lowest BCUT2D eigenvalue weighted by molar-refractivity contribution is -0.116. The maximum Gasteiger partial charge on any atom is 0.251 e. The topological polar surface area (TPSA) is 67.4 Å². The van der Waals surface area contributed by atoms with Crippen LogP contribution in [0.2, 0.25) is 0 Å². The first-order valence-electron chi connectivity index (χ1n) is 8.47. The Balaban J connectivity index is 1.83. The highest BCUT2D eigenvalue weighted by Gasteiger charge is 2.10. The lowest BCUT2D eigenvalue weighted by atomic mass is 10.1. The summed E-state index contributed by atoms with van der Waals surface area (Å²) < 4.78 is 5.62. The Labute approximate surface area is 148 Å². The summed E-state index contributed by atoms with van der Waals surface area (Å²) in [4.78, 5) is 24.2. The first kappa shape index (κ1) is 18.5. The quantitative estimate of drug-likeness (QED) is 0.772. The monoisotopic (exact) mass is 340 g/mol. The van der Waals surface area contributed by atoms with Crippen LogP contribution >= 0.6 is 0 Å². The summed E-state index contributed by atoms with van der Waals surface area (Å²) in [5.74, 6) is 0.317. The summed E-state index contributed by atoms with van der Waals surface area (Å²) in [6.45, 7) is 4.78. The second-order valence-corrected chi connectivity index (χ2v) is 5.71.